The number of fused-ring (bicyclic) bond motifs is 3. The summed E-state index contributed by atoms with van der Waals surface area (Å²) in [5.41, 5.74) is 3.87. The van der Waals surface area contributed by atoms with Crippen LogP contribution in [0.1, 0.15) is 11.1 Å². The predicted molar refractivity (Wildman–Crippen MR) is 110 cm³/mol. The highest BCUT2D eigenvalue weighted by Crippen LogP contribution is 2.24. The number of hydrogen-bond acceptors (Lipinski definition) is 4. The summed E-state index contributed by atoms with van der Waals surface area (Å²) in [6.07, 6.45) is -0.707. The van der Waals surface area contributed by atoms with Gasteiger partial charge in [-0.3, -0.25) is 9.20 Å². The van der Waals surface area contributed by atoms with Gasteiger partial charge >= 0.3 is 0 Å². The van der Waals surface area contributed by atoms with Crippen LogP contribution in [0.15, 0.2) is 65.5 Å². The van der Waals surface area contributed by atoms with E-state index in [0.29, 0.717) is 23.3 Å². The summed E-state index contributed by atoms with van der Waals surface area (Å²) < 4.78 is 3.41. The highest BCUT2D eigenvalue weighted by atomic mass is 16.3. The zero-order valence-corrected chi connectivity index (χ0v) is 15.5. The van der Waals surface area contributed by atoms with E-state index in [4.69, 9.17) is 0 Å². The molecule has 6 heteroatoms. The number of nitriles is 1. The summed E-state index contributed by atoms with van der Waals surface area (Å²) in [4.78, 5) is 12.7. The number of nitrogens with zero attached hydrogens (tertiary/aromatic N) is 3. The van der Waals surface area contributed by atoms with Crippen LogP contribution in [0.3, 0.4) is 0 Å². The van der Waals surface area contributed by atoms with Crippen LogP contribution in [-0.4, -0.2) is 26.7 Å². The number of anilines is 1. The van der Waals surface area contributed by atoms with Gasteiger partial charge in [-0.05, 0) is 36.8 Å². The molecule has 0 aliphatic heterocycles. The van der Waals surface area contributed by atoms with Crippen LogP contribution in [0.5, 0.6) is 0 Å². The van der Waals surface area contributed by atoms with Crippen LogP contribution in [0.25, 0.3) is 16.7 Å². The average Bonchev–Trinajstić information content (AvgIpc) is 3.02. The van der Waals surface area contributed by atoms with Crippen LogP contribution in [-0.2, 0) is 6.54 Å². The number of rotatable bonds is 5. The van der Waals surface area contributed by atoms with E-state index in [0.717, 1.165) is 16.7 Å². The lowest BCUT2D eigenvalue weighted by molar-refractivity contribution is 0.169. The fourth-order valence-corrected chi connectivity index (χ4v) is 3.59. The molecule has 0 spiro atoms. The standard InChI is InChI=1S/C22H20N4O2/c1-15-11-21(28)26-20-10-6-5-9-19(20)25(22(26)18(15)12-23)14-17(27)13-24-16-7-3-2-4-8-16/h2-11,17,24,27H,13-14H2,1H3/t17-/m1/s1. The monoisotopic (exact) mass is 372 g/mol. The molecule has 4 rings (SSSR count). The largest absolute Gasteiger partial charge is 0.389 e. The number of aryl methyl sites for hydroxylation is 1. The predicted octanol–water partition coefficient (Wildman–Crippen LogP) is 2.91. The lowest BCUT2D eigenvalue weighted by Gasteiger charge is -2.15. The number of aromatic nitrogens is 2. The molecule has 0 aliphatic rings. The number of pyridine rings is 1. The minimum atomic E-state index is -0.707. The molecule has 2 aromatic carbocycles. The molecule has 28 heavy (non-hydrogen) atoms. The van der Waals surface area contributed by atoms with Crippen molar-refractivity contribution in [1.82, 2.24) is 8.97 Å². The Morgan fingerprint density at radius 1 is 1.11 bits per heavy atom. The SMILES string of the molecule is Cc1cc(=O)n2c3ccccc3n(C[C@H](O)CNc3ccccc3)c2c1C#N. The van der Waals surface area contributed by atoms with Gasteiger partial charge < -0.3 is 15.0 Å². The van der Waals surface area contributed by atoms with Crippen molar-refractivity contribution >= 4 is 22.4 Å². The Hall–Kier alpha value is -3.56. The molecule has 1 atom stereocenters. The van der Waals surface area contributed by atoms with Crippen molar-refractivity contribution in [2.24, 2.45) is 0 Å². The number of nitrogens with one attached hydrogen (secondary N) is 1. The molecule has 0 bridgehead atoms. The molecule has 0 fully saturated rings. The summed E-state index contributed by atoms with van der Waals surface area (Å²) in [7, 11) is 0. The number of imidazole rings is 1. The van der Waals surface area contributed by atoms with Gasteiger partial charge in [0.2, 0.25) is 0 Å². The van der Waals surface area contributed by atoms with Crippen molar-refractivity contribution < 1.29 is 5.11 Å². The number of hydrogen-bond donors (Lipinski definition) is 2. The molecule has 0 saturated carbocycles. The van der Waals surface area contributed by atoms with E-state index in [-0.39, 0.29) is 12.1 Å². The third-order valence-electron chi connectivity index (χ3n) is 4.88. The smallest absolute Gasteiger partial charge is 0.257 e. The van der Waals surface area contributed by atoms with Crippen LogP contribution in [0.4, 0.5) is 5.69 Å². The summed E-state index contributed by atoms with van der Waals surface area (Å²) in [5.74, 6) is 0. The van der Waals surface area contributed by atoms with E-state index in [1.54, 1.807) is 11.3 Å². The van der Waals surface area contributed by atoms with E-state index >= 15 is 0 Å². The number of aliphatic hydroxyl groups excluding tert-OH is 1. The van der Waals surface area contributed by atoms with Crippen molar-refractivity contribution in [2.45, 2.75) is 19.6 Å². The number of para-hydroxylation sites is 3. The van der Waals surface area contributed by atoms with Gasteiger partial charge in [-0.25, -0.2) is 0 Å². The lowest BCUT2D eigenvalue weighted by atomic mass is 10.1. The maximum absolute atomic E-state index is 12.7. The first kappa shape index (κ1) is 17.8. The molecule has 0 unspecified atom stereocenters. The number of benzene rings is 2. The molecule has 0 aliphatic carbocycles. The van der Waals surface area contributed by atoms with Gasteiger partial charge in [0.15, 0.2) is 0 Å². The van der Waals surface area contributed by atoms with Crippen molar-refractivity contribution in [1.29, 1.82) is 5.26 Å². The molecule has 6 nitrogen and oxygen atoms in total. The fourth-order valence-electron chi connectivity index (χ4n) is 3.59. The van der Waals surface area contributed by atoms with Gasteiger partial charge in [0.05, 0.1) is 29.2 Å². The van der Waals surface area contributed by atoms with E-state index in [1.807, 2.05) is 59.2 Å². The van der Waals surface area contributed by atoms with Crippen LogP contribution < -0.4 is 10.9 Å². The first-order valence-corrected chi connectivity index (χ1v) is 9.11. The summed E-state index contributed by atoms with van der Waals surface area (Å²) >= 11 is 0. The lowest BCUT2D eigenvalue weighted by Crippen LogP contribution is -2.25. The molecule has 4 aromatic rings. The molecular formula is C22H20N4O2. The van der Waals surface area contributed by atoms with E-state index < -0.39 is 6.10 Å². The molecule has 0 radical (unpaired) electrons. The molecule has 140 valence electrons. The Morgan fingerprint density at radius 3 is 2.50 bits per heavy atom. The van der Waals surface area contributed by atoms with Crippen LogP contribution >= 0.6 is 0 Å². The van der Waals surface area contributed by atoms with Gasteiger partial charge in [-0.2, -0.15) is 5.26 Å². The first-order valence-electron chi connectivity index (χ1n) is 9.11. The normalized spacial score (nSPS) is 12.2. The average molecular weight is 372 g/mol. The summed E-state index contributed by atoms with van der Waals surface area (Å²) in [5, 5.41) is 23.5. The van der Waals surface area contributed by atoms with E-state index in [2.05, 4.69) is 11.4 Å². The first-order chi connectivity index (χ1) is 13.6. The highest BCUT2D eigenvalue weighted by molar-refractivity contribution is 5.84. The summed E-state index contributed by atoms with van der Waals surface area (Å²) in [6.45, 7) is 2.37. The Morgan fingerprint density at radius 2 is 1.79 bits per heavy atom. The molecule has 0 saturated heterocycles. The van der Waals surface area contributed by atoms with Crippen molar-refractivity contribution in [2.75, 3.05) is 11.9 Å². The maximum atomic E-state index is 12.7. The van der Waals surface area contributed by atoms with E-state index in [1.165, 1.54) is 6.07 Å². The second kappa shape index (κ2) is 7.22. The fraction of sp³-hybridized carbons (Fsp3) is 0.182. The minimum Gasteiger partial charge on any atom is -0.389 e. The Kier molecular flexibility index (Phi) is 4.60. The molecule has 0 amide bonds. The second-order valence-electron chi connectivity index (χ2n) is 6.81. The number of aliphatic hydroxyl groups is 1. The van der Waals surface area contributed by atoms with Gasteiger partial charge in [-0.15, -0.1) is 0 Å². The molecular weight excluding hydrogens is 352 g/mol. The Balaban J connectivity index is 1.79. The third kappa shape index (κ3) is 3.02. The van der Waals surface area contributed by atoms with Gasteiger partial charge in [-0.1, -0.05) is 30.3 Å². The maximum Gasteiger partial charge on any atom is 0.257 e. The molecule has 2 N–H and O–H groups in total. The van der Waals surface area contributed by atoms with E-state index in [9.17, 15) is 15.2 Å². The van der Waals surface area contributed by atoms with Gasteiger partial charge in [0, 0.05) is 18.3 Å². The Labute approximate surface area is 161 Å². The van der Waals surface area contributed by atoms with Crippen molar-refractivity contribution in [3.63, 3.8) is 0 Å². The topological polar surface area (TPSA) is 82.5 Å². The van der Waals surface area contributed by atoms with Gasteiger partial charge in [0.1, 0.15) is 11.7 Å². The molecule has 2 aromatic heterocycles. The highest BCUT2D eigenvalue weighted by Gasteiger charge is 2.19. The van der Waals surface area contributed by atoms with Crippen LogP contribution in [0.2, 0.25) is 0 Å². The zero-order valence-electron chi connectivity index (χ0n) is 15.5. The quantitative estimate of drug-likeness (QED) is 0.564. The van der Waals surface area contributed by atoms with Crippen molar-refractivity contribution in [3.05, 3.63) is 82.1 Å². The molecule has 2 heterocycles. The zero-order chi connectivity index (χ0) is 19.7. The third-order valence-corrected chi connectivity index (χ3v) is 4.88. The summed E-state index contributed by atoms with van der Waals surface area (Å²) in [6, 6.07) is 20.9. The minimum absolute atomic E-state index is 0.182. The van der Waals surface area contributed by atoms with Gasteiger partial charge in [0.25, 0.3) is 5.56 Å². The Bertz CT molecular complexity index is 1250. The van der Waals surface area contributed by atoms with Crippen LogP contribution in [0, 0.1) is 18.3 Å². The second-order valence-corrected chi connectivity index (χ2v) is 6.81. The van der Waals surface area contributed by atoms with Crippen molar-refractivity contribution in [3.8, 4) is 6.07 Å².